The van der Waals surface area contributed by atoms with Crippen molar-refractivity contribution in [2.24, 2.45) is 10.2 Å². The van der Waals surface area contributed by atoms with Crippen molar-refractivity contribution >= 4 is 44.0 Å². The Balaban J connectivity index is 1.63. The molecule has 0 bridgehead atoms. The number of azo groups is 1. The van der Waals surface area contributed by atoms with Crippen LogP contribution in [-0.2, 0) is 0 Å². The summed E-state index contributed by atoms with van der Waals surface area (Å²) in [7, 11) is 0. The Labute approximate surface area is 149 Å². The number of nitrogens with zero attached hydrogens (tertiary/aromatic N) is 2. The smallest absolute Gasteiger partial charge is 0.143 e. The highest BCUT2D eigenvalue weighted by Gasteiger charge is 2.07. The van der Waals surface area contributed by atoms with Crippen LogP contribution in [-0.4, -0.2) is 10.1 Å². The summed E-state index contributed by atoms with van der Waals surface area (Å²) >= 11 is 0. The lowest BCUT2D eigenvalue weighted by Gasteiger charge is -2.03. The molecule has 0 unspecified atom stereocenters. The highest BCUT2D eigenvalue weighted by molar-refractivity contribution is 6.08. The van der Waals surface area contributed by atoms with Gasteiger partial charge in [-0.1, -0.05) is 48.5 Å². The number of fused-ring (bicyclic) bond motifs is 4. The van der Waals surface area contributed by atoms with Crippen LogP contribution < -0.4 is 0 Å². The number of phenolic OH excluding ortho intramolecular Hbond substituents is 1. The average Bonchev–Trinajstić information content (AvgIpc) is 3.05. The van der Waals surface area contributed by atoms with Crippen molar-refractivity contribution in [1.82, 2.24) is 4.98 Å². The second-order valence-corrected chi connectivity index (χ2v) is 6.25. The fraction of sp³-hybridized carbons (Fsp3) is 0. The van der Waals surface area contributed by atoms with Gasteiger partial charge >= 0.3 is 0 Å². The molecule has 4 nitrogen and oxygen atoms in total. The van der Waals surface area contributed by atoms with E-state index in [2.05, 4.69) is 27.3 Å². The second-order valence-electron chi connectivity index (χ2n) is 6.25. The average molecular weight is 337 g/mol. The number of H-pyrrole nitrogens is 1. The Hall–Kier alpha value is -3.66. The highest BCUT2D eigenvalue weighted by atomic mass is 16.3. The molecule has 0 aliphatic heterocycles. The first-order valence-electron chi connectivity index (χ1n) is 8.42. The summed E-state index contributed by atoms with van der Waals surface area (Å²) in [6.07, 6.45) is 0. The lowest BCUT2D eigenvalue weighted by Crippen LogP contribution is -1.75. The van der Waals surface area contributed by atoms with Crippen molar-refractivity contribution in [3.63, 3.8) is 0 Å². The topological polar surface area (TPSA) is 60.7 Å². The number of aromatic amines is 1. The van der Waals surface area contributed by atoms with Gasteiger partial charge < -0.3 is 10.1 Å². The van der Waals surface area contributed by atoms with Gasteiger partial charge in [0.15, 0.2) is 0 Å². The molecule has 5 aromatic rings. The third kappa shape index (κ3) is 2.31. The Morgan fingerprint density at radius 1 is 0.654 bits per heavy atom. The van der Waals surface area contributed by atoms with Crippen LogP contribution in [0.25, 0.3) is 32.6 Å². The Morgan fingerprint density at radius 2 is 1.42 bits per heavy atom. The van der Waals surface area contributed by atoms with Crippen LogP contribution in [0.4, 0.5) is 11.4 Å². The fourth-order valence-electron chi connectivity index (χ4n) is 3.35. The van der Waals surface area contributed by atoms with Crippen LogP contribution in [0.1, 0.15) is 0 Å². The minimum Gasteiger partial charge on any atom is -0.506 e. The van der Waals surface area contributed by atoms with Crippen molar-refractivity contribution in [2.45, 2.75) is 0 Å². The van der Waals surface area contributed by atoms with Crippen LogP contribution in [0.3, 0.4) is 0 Å². The normalized spacial score (nSPS) is 11.8. The number of para-hydroxylation sites is 1. The molecular weight excluding hydrogens is 322 g/mol. The molecule has 0 amide bonds. The summed E-state index contributed by atoms with van der Waals surface area (Å²) in [5.41, 5.74) is 3.40. The molecule has 1 heterocycles. The lowest BCUT2D eigenvalue weighted by atomic mass is 10.1. The van der Waals surface area contributed by atoms with Gasteiger partial charge in [0.1, 0.15) is 11.4 Å². The summed E-state index contributed by atoms with van der Waals surface area (Å²) in [5.74, 6) is 0.126. The van der Waals surface area contributed by atoms with Crippen LogP contribution in [0, 0.1) is 0 Å². The van der Waals surface area contributed by atoms with Gasteiger partial charge in [-0.25, -0.2) is 0 Å². The molecule has 124 valence electrons. The third-order valence-electron chi connectivity index (χ3n) is 4.63. The number of nitrogens with one attached hydrogen (secondary N) is 1. The van der Waals surface area contributed by atoms with Gasteiger partial charge in [0.05, 0.1) is 5.69 Å². The molecule has 0 saturated heterocycles. The summed E-state index contributed by atoms with van der Waals surface area (Å²) < 4.78 is 0. The van der Waals surface area contributed by atoms with E-state index < -0.39 is 0 Å². The van der Waals surface area contributed by atoms with Crippen LogP contribution in [0.2, 0.25) is 0 Å². The van der Waals surface area contributed by atoms with E-state index in [9.17, 15) is 5.11 Å². The predicted octanol–water partition coefficient (Wildman–Crippen LogP) is 6.60. The van der Waals surface area contributed by atoms with Gasteiger partial charge in [-0.15, -0.1) is 5.11 Å². The summed E-state index contributed by atoms with van der Waals surface area (Å²) in [6.45, 7) is 0. The van der Waals surface area contributed by atoms with Crippen LogP contribution >= 0.6 is 0 Å². The van der Waals surface area contributed by atoms with Crippen LogP contribution in [0.15, 0.2) is 89.1 Å². The van der Waals surface area contributed by atoms with Crippen molar-refractivity contribution in [3.05, 3.63) is 78.9 Å². The molecule has 26 heavy (non-hydrogen) atoms. The summed E-state index contributed by atoms with van der Waals surface area (Å²) in [5, 5.41) is 23.1. The van der Waals surface area contributed by atoms with E-state index in [0.717, 1.165) is 38.3 Å². The van der Waals surface area contributed by atoms with E-state index in [-0.39, 0.29) is 5.75 Å². The maximum Gasteiger partial charge on any atom is 0.143 e. The van der Waals surface area contributed by atoms with E-state index in [4.69, 9.17) is 0 Å². The molecule has 1 aromatic heterocycles. The van der Waals surface area contributed by atoms with Gasteiger partial charge in [0.25, 0.3) is 0 Å². The molecule has 0 atom stereocenters. The van der Waals surface area contributed by atoms with Crippen molar-refractivity contribution in [3.8, 4) is 5.75 Å². The van der Waals surface area contributed by atoms with Gasteiger partial charge in [-0.2, -0.15) is 5.11 Å². The Bertz CT molecular complexity index is 1300. The Morgan fingerprint density at radius 3 is 2.35 bits per heavy atom. The Kier molecular flexibility index (Phi) is 3.22. The number of aromatic hydroxyl groups is 1. The van der Waals surface area contributed by atoms with E-state index >= 15 is 0 Å². The van der Waals surface area contributed by atoms with E-state index in [1.807, 2.05) is 60.7 Å². The third-order valence-corrected chi connectivity index (χ3v) is 4.63. The van der Waals surface area contributed by atoms with E-state index in [1.54, 1.807) is 6.07 Å². The summed E-state index contributed by atoms with van der Waals surface area (Å²) in [4.78, 5) is 3.40. The van der Waals surface area contributed by atoms with Crippen molar-refractivity contribution in [1.29, 1.82) is 0 Å². The molecular formula is C22H15N3O. The predicted molar refractivity (Wildman–Crippen MR) is 106 cm³/mol. The maximum atomic E-state index is 10.2. The van der Waals surface area contributed by atoms with Crippen molar-refractivity contribution in [2.75, 3.05) is 0 Å². The zero-order valence-corrected chi connectivity index (χ0v) is 13.8. The van der Waals surface area contributed by atoms with Crippen molar-refractivity contribution < 1.29 is 5.11 Å². The highest BCUT2D eigenvalue weighted by Crippen LogP contribution is 2.36. The van der Waals surface area contributed by atoms with E-state index in [1.165, 1.54) is 0 Å². The zero-order chi connectivity index (χ0) is 17.5. The first-order valence-corrected chi connectivity index (χ1v) is 8.42. The molecule has 0 spiro atoms. The van der Waals surface area contributed by atoms with Crippen LogP contribution in [0.5, 0.6) is 5.75 Å². The summed E-state index contributed by atoms with van der Waals surface area (Å²) in [6, 6.07) is 25.5. The molecule has 0 radical (unpaired) electrons. The van der Waals surface area contributed by atoms with Gasteiger partial charge in [0.2, 0.25) is 0 Å². The monoisotopic (exact) mass is 337 g/mol. The van der Waals surface area contributed by atoms with Gasteiger partial charge in [-0.3, -0.25) is 0 Å². The first kappa shape index (κ1) is 14.7. The maximum absolute atomic E-state index is 10.2. The first-order chi connectivity index (χ1) is 12.8. The second kappa shape index (κ2) is 5.70. The quantitative estimate of drug-likeness (QED) is 0.350. The number of hydrogen-bond donors (Lipinski definition) is 2. The molecule has 0 saturated carbocycles. The number of benzene rings is 4. The largest absolute Gasteiger partial charge is 0.506 e. The number of hydrogen-bond acceptors (Lipinski definition) is 3. The SMILES string of the molecule is Oc1ccc2ccccc2c1N=Nc1ccc2[nH]c3ccccc3c2c1. The zero-order valence-electron chi connectivity index (χ0n) is 13.8. The number of phenols is 1. The lowest BCUT2D eigenvalue weighted by molar-refractivity contribution is 0.477. The molecule has 0 aliphatic carbocycles. The molecule has 0 fully saturated rings. The molecule has 0 aliphatic rings. The molecule has 2 N–H and O–H groups in total. The fourth-order valence-corrected chi connectivity index (χ4v) is 3.35. The van der Waals surface area contributed by atoms with Gasteiger partial charge in [-0.05, 0) is 35.7 Å². The minimum atomic E-state index is 0.126. The molecule has 5 rings (SSSR count). The number of rotatable bonds is 2. The molecule has 4 heteroatoms. The number of aromatic nitrogens is 1. The molecule has 4 aromatic carbocycles. The standard InChI is InChI=1S/C22H15N3O/c26-21-12-9-14-5-1-2-6-16(14)22(21)25-24-15-10-11-20-18(13-15)17-7-3-4-8-19(17)23-20/h1-13,23,26H. The van der Waals surface area contributed by atoms with E-state index in [0.29, 0.717) is 5.69 Å². The van der Waals surface area contributed by atoms with Gasteiger partial charge in [0, 0.05) is 27.2 Å². The minimum absolute atomic E-state index is 0.126.